The highest BCUT2D eigenvalue weighted by Crippen LogP contribution is 2.28. The molecule has 7 heteroatoms. The van der Waals surface area contributed by atoms with Gasteiger partial charge in [-0.2, -0.15) is 5.10 Å². The van der Waals surface area contributed by atoms with Gasteiger partial charge in [-0.1, -0.05) is 18.2 Å². The average molecular weight is 344 g/mol. The maximum Gasteiger partial charge on any atom is 0.269 e. The van der Waals surface area contributed by atoms with E-state index < -0.39 is 6.10 Å². The zero-order chi connectivity index (χ0) is 18.0. The number of hydrogen-bond acceptors (Lipinski definition) is 5. The molecule has 1 amide bonds. The molecular weight excluding hydrogens is 320 g/mol. The molecule has 1 saturated carbocycles. The second kappa shape index (κ2) is 7.25. The van der Waals surface area contributed by atoms with Crippen LogP contribution in [0, 0.1) is 0 Å². The molecule has 0 aliphatic heterocycles. The molecule has 0 spiro atoms. The highest BCUT2D eigenvalue weighted by molar-refractivity contribution is 5.92. The first-order chi connectivity index (χ1) is 12.0. The molecule has 0 saturated heterocycles. The van der Waals surface area contributed by atoms with Gasteiger partial charge in [0.05, 0.1) is 12.1 Å². The third-order valence-electron chi connectivity index (χ3n) is 4.63. The number of aryl methyl sites for hydroxylation is 1. The minimum Gasteiger partial charge on any atom is -0.488 e. The summed E-state index contributed by atoms with van der Waals surface area (Å²) >= 11 is 0. The number of aliphatic hydroxyl groups is 1. The van der Waals surface area contributed by atoms with Crippen molar-refractivity contribution in [2.24, 2.45) is 7.05 Å². The summed E-state index contributed by atoms with van der Waals surface area (Å²) in [6.45, 7) is 0. The first-order valence-electron chi connectivity index (χ1n) is 8.32. The van der Waals surface area contributed by atoms with Crippen molar-refractivity contribution >= 4 is 5.91 Å². The van der Waals surface area contributed by atoms with E-state index in [0.29, 0.717) is 17.9 Å². The Balaban J connectivity index is 1.74. The van der Waals surface area contributed by atoms with Gasteiger partial charge in [0.15, 0.2) is 0 Å². The van der Waals surface area contributed by atoms with Crippen molar-refractivity contribution < 1.29 is 14.6 Å². The van der Waals surface area contributed by atoms with Gasteiger partial charge in [-0.15, -0.1) is 0 Å². The topological polar surface area (TPSA) is 79.6 Å². The minimum atomic E-state index is -0.702. The highest BCUT2D eigenvalue weighted by atomic mass is 16.5. The monoisotopic (exact) mass is 344 g/mol. The largest absolute Gasteiger partial charge is 0.488 e. The summed E-state index contributed by atoms with van der Waals surface area (Å²) in [5.74, 6) is 0.507. The molecule has 1 fully saturated rings. The summed E-state index contributed by atoms with van der Waals surface area (Å²) in [4.78, 5) is 14.4. The van der Waals surface area contributed by atoms with Gasteiger partial charge in [-0.3, -0.25) is 9.48 Å². The number of likely N-dealkylation sites (N-methyl/N-ethyl adjacent to an activating group) is 1. The van der Waals surface area contributed by atoms with Crippen LogP contribution in [0.15, 0.2) is 42.6 Å². The smallest absolute Gasteiger partial charge is 0.269 e. The van der Waals surface area contributed by atoms with E-state index in [2.05, 4.69) is 10.4 Å². The molecular formula is C18H24N4O3. The van der Waals surface area contributed by atoms with Crippen molar-refractivity contribution in [1.29, 1.82) is 0 Å². The van der Waals surface area contributed by atoms with Crippen LogP contribution in [-0.2, 0) is 7.05 Å². The minimum absolute atomic E-state index is 0.204. The van der Waals surface area contributed by atoms with Gasteiger partial charge in [0.25, 0.3) is 5.91 Å². The van der Waals surface area contributed by atoms with E-state index in [-0.39, 0.29) is 24.1 Å². The SMILES string of the molecule is CN(C)[C@@H]1[C@@H](O)[C@H](Oc2ccccc2)C[C@H]1NC(=O)c1ccnn1C. The van der Waals surface area contributed by atoms with Gasteiger partial charge in [0.2, 0.25) is 0 Å². The number of nitrogens with zero attached hydrogens (tertiary/aromatic N) is 3. The Labute approximate surface area is 147 Å². The fourth-order valence-electron chi connectivity index (χ4n) is 3.43. The van der Waals surface area contributed by atoms with Crippen molar-refractivity contribution in [3.63, 3.8) is 0 Å². The second-order valence-corrected chi connectivity index (χ2v) is 6.57. The zero-order valence-electron chi connectivity index (χ0n) is 14.7. The maximum absolute atomic E-state index is 12.5. The quantitative estimate of drug-likeness (QED) is 0.833. The zero-order valence-corrected chi connectivity index (χ0v) is 14.7. The molecule has 134 valence electrons. The summed E-state index contributed by atoms with van der Waals surface area (Å²) in [5, 5.41) is 17.8. The lowest BCUT2D eigenvalue weighted by Gasteiger charge is -2.29. The molecule has 1 heterocycles. The predicted octanol–water partition coefficient (Wildman–Crippen LogP) is 0.661. The number of carbonyl (C=O) groups is 1. The van der Waals surface area contributed by atoms with E-state index >= 15 is 0 Å². The van der Waals surface area contributed by atoms with Gasteiger partial charge in [-0.05, 0) is 32.3 Å². The van der Waals surface area contributed by atoms with Crippen LogP contribution in [0.4, 0.5) is 0 Å². The summed E-state index contributed by atoms with van der Waals surface area (Å²) in [5.41, 5.74) is 0.486. The number of nitrogens with one attached hydrogen (secondary N) is 1. The summed E-state index contributed by atoms with van der Waals surface area (Å²) in [7, 11) is 5.51. The third kappa shape index (κ3) is 3.67. The molecule has 0 bridgehead atoms. The van der Waals surface area contributed by atoms with Crippen LogP contribution in [-0.4, -0.2) is 64.1 Å². The first kappa shape index (κ1) is 17.4. The van der Waals surface area contributed by atoms with Crippen LogP contribution in [0.3, 0.4) is 0 Å². The van der Waals surface area contributed by atoms with Crippen molar-refractivity contribution in [3.05, 3.63) is 48.3 Å². The normalized spacial score (nSPS) is 26.0. The second-order valence-electron chi connectivity index (χ2n) is 6.57. The van der Waals surface area contributed by atoms with Gasteiger partial charge >= 0.3 is 0 Å². The highest BCUT2D eigenvalue weighted by Gasteiger charge is 2.45. The summed E-state index contributed by atoms with van der Waals surface area (Å²) < 4.78 is 7.48. The first-order valence-corrected chi connectivity index (χ1v) is 8.32. The lowest BCUT2D eigenvalue weighted by molar-refractivity contribution is 0.0210. The molecule has 25 heavy (non-hydrogen) atoms. The van der Waals surface area contributed by atoms with E-state index in [1.165, 1.54) is 4.68 Å². The lowest BCUT2D eigenvalue weighted by atomic mass is 10.1. The van der Waals surface area contributed by atoms with Gasteiger partial charge < -0.3 is 20.1 Å². The number of amides is 1. The van der Waals surface area contributed by atoms with E-state index in [1.807, 2.05) is 49.3 Å². The summed E-state index contributed by atoms with van der Waals surface area (Å²) in [6.07, 6.45) is 1.03. The lowest BCUT2D eigenvalue weighted by Crippen LogP contribution is -2.51. The van der Waals surface area contributed by atoms with Crippen molar-refractivity contribution in [2.45, 2.75) is 30.7 Å². The number of aromatic nitrogens is 2. The number of ether oxygens (including phenoxy) is 1. The molecule has 3 rings (SSSR count). The van der Waals surface area contributed by atoms with Crippen LogP contribution in [0.1, 0.15) is 16.9 Å². The van der Waals surface area contributed by atoms with Crippen molar-refractivity contribution in [2.75, 3.05) is 14.1 Å². The molecule has 2 N–H and O–H groups in total. The fourth-order valence-corrected chi connectivity index (χ4v) is 3.43. The maximum atomic E-state index is 12.5. The molecule has 1 aromatic carbocycles. The van der Waals surface area contributed by atoms with E-state index in [9.17, 15) is 9.90 Å². The molecule has 1 aliphatic carbocycles. The number of hydrogen-bond donors (Lipinski definition) is 2. The molecule has 7 nitrogen and oxygen atoms in total. The number of para-hydroxylation sites is 1. The molecule has 2 aromatic rings. The van der Waals surface area contributed by atoms with E-state index in [1.54, 1.807) is 19.3 Å². The molecule has 4 atom stereocenters. The Hall–Kier alpha value is -2.38. The van der Waals surface area contributed by atoms with Crippen molar-refractivity contribution in [3.8, 4) is 5.75 Å². The summed E-state index contributed by atoms with van der Waals surface area (Å²) in [6, 6.07) is 10.6. The standard InChI is InChI=1S/C18H24N4O3/c1-21(2)16-13(20-18(24)14-9-10-19-22(14)3)11-15(17(16)23)25-12-7-5-4-6-8-12/h4-10,13,15-17,23H,11H2,1-3H3,(H,20,24)/t13-,15-,16+,17+/m1/s1. The Morgan fingerprint density at radius 3 is 2.64 bits per heavy atom. The van der Waals surface area contributed by atoms with E-state index in [0.717, 1.165) is 0 Å². The number of benzene rings is 1. The molecule has 1 aromatic heterocycles. The van der Waals surface area contributed by atoms with Gasteiger partial charge in [0.1, 0.15) is 23.7 Å². The molecule has 0 unspecified atom stereocenters. The average Bonchev–Trinajstić information content (AvgIpc) is 3.12. The van der Waals surface area contributed by atoms with Gasteiger partial charge in [0, 0.05) is 19.7 Å². The number of rotatable bonds is 5. The Morgan fingerprint density at radius 1 is 1.32 bits per heavy atom. The number of aliphatic hydroxyl groups excluding tert-OH is 1. The van der Waals surface area contributed by atoms with Gasteiger partial charge in [-0.25, -0.2) is 0 Å². The Kier molecular flexibility index (Phi) is 5.06. The molecule has 0 radical (unpaired) electrons. The Morgan fingerprint density at radius 2 is 2.04 bits per heavy atom. The van der Waals surface area contributed by atoms with Crippen LogP contribution >= 0.6 is 0 Å². The van der Waals surface area contributed by atoms with Crippen LogP contribution < -0.4 is 10.1 Å². The number of carbonyl (C=O) groups excluding carboxylic acids is 1. The Bertz CT molecular complexity index is 716. The predicted molar refractivity (Wildman–Crippen MR) is 93.4 cm³/mol. The van der Waals surface area contributed by atoms with Crippen molar-refractivity contribution in [1.82, 2.24) is 20.0 Å². The fraction of sp³-hybridized carbons (Fsp3) is 0.444. The van der Waals surface area contributed by atoms with Crippen LogP contribution in [0.25, 0.3) is 0 Å². The molecule has 1 aliphatic rings. The third-order valence-corrected chi connectivity index (χ3v) is 4.63. The van der Waals surface area contributed by atoms with E-state index in [4.69, 9.17) is 4.74 Å². The van der Waals surface area contributed by atoms with Crippen LogP contribution in [0.2, 0.25) is 0 Å². The van der Waals surface area contributed by atoms with Crippen LogP contribution in [0.5, 0.6) is 5.75 Å².